The van der Waals surface area contributed by atoms with Crippen molar-refractivity contribution in [3.63, 3.8) is 0 Å². The number of nitrogens with zero attached hydrogens (tertiary/aromatic N) is 4. The summed E-state index contributed by atoms with van der Waals surface area (Å²) in [7, 11) is -1.72. The number of aliphatic imine (C=N–C) groups is 1. The van der Waals surface area contributed by atoms with Gasteiger partial charge in [-0.1, -0.05) is 18.2 Å². The molecule has 32 heavy (non-hydrogen) atoms. The number of hydrogen-bond acceptors (Lipinski definition) is 5. The highest BCUT2D eigenvalue weighted by Gasteiger charge is 2.31. The van der Waals surface area contributed by atoms with Crippen molar-refractivity contribution >= 4 is 51.6 Å². The second-order valence-electron chi connectivity index (χ2n) is 8.05. The molecule has 3 aliphatic rings. The normalized spacial score (nSPS) is 21.3. The van der Waals surface area contributed by atoms with Crippen LogP contribution in [0.3, 0.4) is 0 Å². The van der Waals surface area contributed by atoms with E-state index in [1.165, 1.54) is 4.31 Å². The number of nitrogens with one attached hydrogen (secondary N) is 1. The van der Waals surface area contributed by atoms with Crippen LogP contribution in [0.4, 0.5) is 5.69 Å². The van der Waals surface area contributed by atoms with Gasteiger partial charge in [0.25, 0.3) is 5.91 Å². The number of para-hydroxylation sites is 1. The highest BCUT2D eigenvalue weighted by atomic mass is 127. The summed E-state index contributed by atoms with van der Waals surface area (Å²) >= 11 is 0. The third-order valence-electron chi connectivity index (χ3n) is 6.13. The van der Waals surface area contributed by atoms with Crippen LogP contribution in [0.2, 0.25) is 0 Å². The zero-order valence-electron chi connectivity index (χ0n) is 18.4. The van der Waals surface area contributed by atoms with E-state index in [0.717, 1.165) is 30.5 Å². The van der Waals surface area contributed by atoms with Gasteiger partial charge in [0.2, 0.25) is 10.0 Å². The van der Waals surface area contributed by atoms with Gasteiger partial charge in [-0.2, -0.15) is 0 Å². The monoisotopic (exact) mass is 577 g/mol. The Morgan fingerprint density at radius 1 is 1.16 bits per heavy atom. The minimum atomic E-state index is -3.41. The van der Waals surface area contributed by atoms with E-state index in [0.29, 0.717) is 45.3 Å². The van der Waals surface area contributed by atoms with Crippen molar-refractivity contribution in [1.29, 1.82) is 0 Å². The van der Waals surface area contributed by atoms with Gasteiger partial charge in [-0.3, -0.25) is 14.1 Å². The average Bonchev–Trinajstić information content (AvgIpc) is 3.47. The Hall–Kier alpha value is -1.60. The molecule has 3 heterocycles. The number of fused-ring (bicyclic) bond motifs is 1. The molecule has 3 aliphatic heterocycles. The van der Waals surface area contributed by atoms with Crippen molar-refractivity contribution in [2.24, 2.45) is 4.99 Å². The highest BCUT2D eigenvalue weighted by molar-refractivity contribution is 14.0. The largest absolute Gasteiger partial charge is 0.368 e. The number of hydrogen-bond donors (Lipinski definition) is 1. The van der Waals surface area contributed by atoms with E-state index in [2.05, 4.69) is 15.2 Å². The molecule has 4 rings (SSSR count). The summed E-state index contributed by atoms with van der Waals surface area (Å²) in [5.41, 5.74) is 1.86. The lowest BCUT2D eigenvalue weighted by Gasteiger charge is -2.37. The number of amides is 1. The molecule has 1 aromatic rings. The summed E-state index contributed by atoms with van der Waals surface area (Å²) in [4.78, 5) is 20.7. The highest BCUT2D eigenvalue weighted by Crippen LogP contribution is 2.29. The molecule has 0 aliphatic carbocycles. The molecule has 0 aromatic heterocycles. The quantitative estimate of drug-likeness (QED) is 0.318. The third kappa shape index (κ3) is 5.48. The summed E-state index contributed by atoms with van der Waals surface area (Å²) in [6, 6.07) is 7.66. The number of carbonyl (C=O) groups is 1. The molecule has 2 saturated heterocycles. The van der Waals surface area contributed by atoms with E-state index in [1.807, 2.05) is 29.2 Å². The van der Waals surface area contributed by atoms with Gasteiger partial charge >= 0.3 is 0 Å². The Morgan fingerprint density at radius 2 is 1.88 bits per heavy atom. The zero-order valence-corrected chi connectivity index (χ0v) is 21.6. The number of piperazine rings is 1. The molecule has 1 atom stereocenters. The van der Waals surface area contributed by atoms with Gasteiger partial charge in [-0.05, 0) is 30.9 Å². The first-order valence-corrected chi connectivity index (χ1v) is 12.5. The van der Waals surface area contributed by atoms with Crippen LogP contribution in [0.15, 0.2) is 29.3 Å². The van der Waals surface area contributed by atoms with Crippen molar-refractivity contribution in [2.45, 2.75) is 25.4 Å². The second-order valence-corrected chi connectivity index (χ2v) is 10.1. The fraction of sp³-hybridized carbons (Fsp3) is 0.619. The number of anilines is 1. The van der Waals surface area contributed by atoms with E-state index < -0.39 is 10.0 Å². The van der Waals surface area contributed by atoms with Gasteiger partial charge < -0.3 is 19.9 Å². The van der Waals surface area contributed by atoms with Crippen LogP contribution in [-0.2, 0) is 26.0 Å². The Kier molecular flexibility index (Phi) is 8.62. The van der Waals surface area contributed by atoms with Crippen LogP contribution in [0.5, 0.6) is 0 Å². The van der Waals surface area contributed by atoms with Crippen molar-refractivity contribution in [3.8, 4) is 0 Å². The van der Waals surface area contributed by atoms with E-state index in [1.54, 1.807) is 7.05 Å². The molecule has 0 radical (unpaired) electrons. The van der Waals surface area contributed by atoms with Crippen LogP contribution >= 0.6 is 24.0 Å². The Morgan fingerprint density at radius 3 is 2.56 bits per heavy atom. The molecule has 0 saturated carbocycles. The third-order valence-corrected chi connectivity index (χ3v) is 7.90. The molecular weight excluding hydrogens is 545 g/mol. The fourth-order valence-corrected chi connectivity index (χ4v) is 5.87. The van der Waals surface area contributed by atoms with Crippen LogP contribution in [0.25, 0.3) is 0 Å². The average molecular weight is 577 g/mol. The van der Waals surface area contributed by atoms with E-state index >= 15 is 0 Å². The first kappa shape index (κ1) is 25.0. The first-order valence-electron chi connectivity index (χ1n) is 10.9. The number of rotatable bonds is 5. The lowest BCUT2D eigenvalue weighted by molar-refractivity contribution is -0.142. The number of benzene rings is 1. The van der Waals surface area contributed by atoms with E-state index in [4.69, 9.17) is 4.74 Å². The van der Waals surface area contributed by atoms with Crippen LogP contribution in [0.1, 0.15) is 18.4 Å². The fourth-order valence-electron chi connectivity index (χ4n) is 4.45. The summed E-state index contributed by atoms with van der Waals surface area (Å²) < 4.78 is 32.8. The minimum absolute atomic E-state index is 0. The van der Waals surface area contributed by atoms with Gasteiger partial charge in [-0.25, -0.2) is 8.42 Å². The summed E-state index contributed by atoms with van der Waals surface area (Å²) in [6.45, 7) is 3.98. The molecule has 1 aromatic carbocycles. The topological polar surface area (TPSA) is 94.5 Å². The maximum Gasteiger partial charge on any atom is 0.251 e. The Bertz CT molecular complexity index is 928. The number of sulfonamides is 1. The maximum atomic E-state index is 12.9. The summed E-state index contributed by atoms with van der Waals surface area (Å²) in [5, 5.41) is 3.18. The Balaban J connectivity index is 0.00000289. The molecule has 1 amide bonds. The van der Waals surface area contributed by atoms with Crippen LogP contribution in [0, 0.1) is 0 Å². The van der Waals surface area contributed by atoms with E-state index in [9.17, 15) is 13.2 Å². The van der Waals surface area contributed by atoms with Gasteiger partial charge in [-0.15, -0.1) is 24.0 Å². The van der Waals surface area contributed by atoms with Crippen LogP contribution < -0.4 is 9.62 Å². The van der Waals surface area contributed by atoms with Crippen LogP contribution in [-0.4, -0.2) is 94.9 Å². The molecule has 0 bridgehead atoms. The molecule has 9 nitrogen and oxygen atoms in total. The number of ether oxygens (including phenoxy) is 1. The number of halogens is 1. The molecule has 1 N–H and O–H groups in total. The Labute approximate surface area is 207 Å². The smallest absolute Gasteiger partial charge is 0.251 e. The van der Waals surface area contributed by atoms with Crippen molar-refractivity contribution < 1.29 is 17.9 Å². The zero-order chi connectivity index (χ0) is 21.8. The minimum Gasteiger partial charge on any atom is -0.368 e. The molecule has 0 spiro atoms. The van der Waals surface area contributed by atoms with Crippen molar-refractivity contribution in [2.75, 3.05) is 63.0 Å². The predicted molar refractivity (Wildman–Crippen MR) is 135 cm³/mol. The summed E-state index contributed by atoms with van der Waals surface area (Å²) in [5.74, 6) is 0.746. The van der Waals surface area contributed by atoms with Gasteiger partial charge in [0.1, 0.15) is 6.10 Å². The molecule has 2 fully saturated rings. The molecular formula is C21H32IN5O4S. The van der Waals surface area contributed by atoms with Crippen molar-refractivity contribution in [3.05, 3.63) is 29.8 Å². The molecule has 1 unspecified atom stereocenters. The molecule has 11 heteroatoms. The van der Waals surface area contributed by atoms with Gasteiger partial charge in [0.05, 0.1) is 11.4 Å². The summed E-state index contributed by atoms with van der Waals surface area (Å²) in [6.07, 6.45) is 2.21. The van der Waals surface area contributed by atoms with Crippen molar-refractivity contribution in [1.82, 2.24) is 15.1 Å². The second kappa shape index (κ2) is 11.0. The van der Waals surface area contributed by atoms with E-state index in [-0.39, 0.29) is 48.3 Å². The molecule has 178 valence electrons. The maximum absolute atomic E-state index is 12.9. The lowest BCUT2D eigenvalue weighted by atomic mass is 10.2. The van der Waals surface area contributed by atoms with Gasteiger partial charge in [0.15, 0.2) is 5.96 Å². The lowest BCUT2D eigenvalue weighted by Crippen LogP contribution is -2.55. The predicted octanol–water partition coefficient (Wildman–Crippen LogP) is 0.896. The SMILES string of the molecule is CN=C(NCCS(=O)(=O)N1CCc2ccccc21)N1CCN(C(=O)C2CCCO2)CC1.I. The first-order chi connectivity index (χ1) is 15.0. The van der Waals surface area contributed by atoms with Gasteiger partial charge in [0, 0.05) is 52.9 Å². The standard InChI is InChI=1S/C21H31N5O4S.HI/c1-22-21(25-13-11-24(12-14-25)20(27)19-7-4-15-30-19)23-9-16-31(28,29)26-10-8-17-5-2-3-6-18(17)26;/h2-3,5-6,19H,4,7-16H2,1H3,(H,22,23);1H. The number of carbonyl (C=O) groups excluding carboxylic acids is 1. The number of guanidine groups is 1.